The Balaban J connectivity index is 1.85. The Kier molecular flexibility index (Phi) is 6.04. The van der Waals surface area contributed by atoms with E-state index in [1.54, 1.807) is 54.6 Å². The highest BCUT2D eigenvalue weighted by Gasteiger charge is 2.30. The van der Waals surface area contributed by atoms with Crippen molar-refractivity contribution in [1.29, 1.82) is 0 Å². The van der Waals surface area contributed by atoms with Crippen LogP contribution in [-0.4, -0.2) is 28.1 Å². The van der Waals surface area contributed by atoms with Crippen LogP contribution in [0.2, 0.25) is 0 Å². The normalized spacial score (nSPS) is 12.3. The fourth-order valence-corrected chi connectivity index (χ4v) is 2.99. The van der Waals surface area contributed by atoms with Crippen LogP contribution in [0.3, 0.4) is 0 Å². The molecule has 0 amide bonds. The zero-order chi connectivity index (χ0) is 20.8. The third kappa shape index (κ3) is 4.87. The quantitative estimate of drug-likeness (QED) is 0.359. The van der Waals surface area contributed by atoms with Gasteiger partial charge in [-0.15, -0.1) is 0 Å². The number of hydrogen-bond acceptors (Lipinski definition) is 4. The Morgan fingerprint density at radius 2 is 1.52 bits per heavy atom. The number of rotatable bonds is 7. The average molecular weight is 390 g/mol. The monoisotopic (exact) mass is 390 g/mol. The predicted octanol–water partition coefficient (Wildman–Crippen LogP) is 4.00. The molecule has 6 nitrogen and oxygen atoms in total. The number of esters is 1. The molecule has 0 aliphatic carbocycles. The van der Waals surface area contributed by atoms with Gasteiger partial charge in [0.25, 0.3) is 0 Å². The SMILES string of the molecule is O=C(CC(C(=O)O)C(=Cc1ccccc1)C(=O)O)Oc1cccc2ccccc12. The number of ether oxygens (including phenoxy) is 1. The highest BCUT2D eigenvalue weighted by Crippen LogP contribution is 2.27. The Bertz CT molecular complexity index is 1080. The molecule has 0 fully saturated rings. The van der Waals surface area contributed by atoms with E-state index < -0.39 is 35.8 Å². The summed E-state index contributed by atoms with van der Waals surface area (Å²) in [6.07, 6.45) is 0.649. The van der Waals surface area contributed by atoms with Crippen LogP contribution in [0.4, 0.5) is 0 Å². The lowest BCUT2D eigenvalue weighted by Crippen LogP contribution is -2.26. The van der Waals surface area contributed by atoms with Crippen LogP contribution in [0.25, 0.3) is 16.8 Å². The van der Waals surface area contributed by atoms with Crippen molar-refractivity contribution >= 4 is 34.8 Å². The molecule has 146 valence electrons. The van der Waals surface area contributed by atoms with E-state index in [0.717, 1.165) is 5.39 Å². The van der Waals surface area contributed by atoms with Crippen molar-refractivity contribution in [3.8, 4) is 5.75 Å². The Morgan fingerprint density at radius 3 is 2.21 bits per heavy atom. The number of aliphatic carboxylic acids is 2. The molecule has 0 radical (unpaired) electrons. The average Bonchev–Trinajstić information content (AvgIpc) is 2.71. The second-order valence-electron chi connectivity index (χ2n) is 6.36. The van der Waals surface area contributed by atoms with Crippen molar-refractivity contribution in [2.24, 2.45) is 5.92 Å². The van der Waals surface area contributed by atoms with Crippen LogP contribution in [0.15, 0.2) is 78.4 Å². The van der Waals surface area contributed by atoms with Crippen molar-refractivity contribution in [3.05, 3.63) is 83.9 Å². The fraction of sp³-hybridized carbons (Fsp3) is 0.0870. The number of benzene rings is 3. The lowest BCUT2D eigenvalue weighted by atomic mass is 9.93. The second-order valence-corrected chi connectivity index (χ2v) is 6.36. The molecule has 0 saturated carbocycles. The topological polar surface area (TPSA) is 101 Å². The van der Waals surface area contributed by atoms with Gasteiger partial charge in [0.15, 0.2) is 0 Å². The van der Waals surface area contributed by atoms with Crippen molar-refractivity contribution in [2.45, 2.75) is 6.42 Å². The van der Waals surface area contributed by atoms with Gasteiger partial charge in [0.1, 0.15) is 5.75 Å². The van der Waals surface area contributed by atoms with E-state index in [4.69, 9.17) is 4.74 Å². The summed E-state index contributed by atoms with van der Waals surface area (Å²) in [6, 6.07) is 20.9. The van der Waals surface area contributed by atoms with Gasteiger partial charge in [-0.25, -0.2) is 4.79 Å². The van der Waals surface area contributed by atoms with Crippen LogP contribution >= 0.6 is 0 Å². The molecule has 6 heteroatoms. The van der Waals surface area contributed by atoms with Crippen LogP contribution in [0.5, 0.6) is 5.75 Å². The molecular formula is C23H18O6. The number of fused-ring (bicyclic) bond motifs is 1. The molecule has 0 heterocycles. The molecular weight excluding hydrogens is 372 g/mol. The first-order valence-electron chi connectivity index (χ1n) is 8.87. The van der Waals surface area contributed by atoms with Gasteiger partial charge in [-0.1, -0.05) is 66.7 Å². The minimum atomic E-state index is -1.55. The maximum absolute atomic E-state index is 12.4. The number of hydrogen-bond donors (Lipinski definition) is 2. The molecule has 3 aromatic rings. The molecule has 0 aliphatic heterocycles. The molecule has 0 aliphatic rings. The molecule has 2 N–H and O–H groups in total. The van der Waals surface area contributed by atoms with E-state index >= 15 is 0 Å². The first-order chi connectivity index (χ1) is 14.0. The van der Waals surface area contributed by atoms with Crippen molar-refractivity contribution in [1.82, 2.24) is 0 Å². The zero-order valence-corrected chi connectivity index (χ0v) is 15.3. The summed E-state index contributed by atoms with van der Waals surface area (Å²) in [7, 11) is 0. The molecule has 0 spiro atoms. The van der Waals surface area contributed by atoms with E-state index in [-0.39, 0.29) is 0 Å². The summed E-state index contributed by atoms with van der Waals surface area (Å²) >= 11 is 0. The maximum atomic E-state index is 12.4. The molecule has 0 aromatic heterocycles. The fourth-order valence-electron chi connectivity index (χ4n) is 2.99. The molecule has 3 rings (SSSR count). The molecule has 1 unspecified atom stereocenters. The number of carboxylic acids is 2. The summed E-state index contributed by atoms with van der Waals surface area (Å²) in [5.41, 5.74) is 0.136. The summed E-state index contributed by atoms with van der Waals surface area (Å²) < 4.78 is 5.37. The third-order valence-corrected chi connectivity index (χ3v) is 4.39. The Labute approximate surface area is 166 Å². The van der Waals surface area contributed by atoms with Gasteiger partial charge >= 0.3 is 17.9 Å². The van der Waals surface area contributed by atoms with Crippen molar-refractivity contribution in [3.63, 3.8) is 0 Å². The number of carboxylic acid groups (broad SMARTS) is 2. The zero-order valence-electron chi connectivity index (χ0n) is 15.3. The smallest absolute Gasteiger partial charge is 0.332 e. The van der Waals surface area contributed by atoms with Gasteiger partial charge in [0, 0.05) is 5.39 Å². The van der Waals surface area contributed by atoms with E-state index in [0.29, 0.717) is 16.7 Å². The van der Waals surface area contributed by atoms with Crippen LogP contribution in [-0.2, 0) is 14.4 Å². The van der Waals surface area contributed by atoms with Gasteiger partial charge in [-0.3, -0.25) is 9.59 Å². The highest BCUT2D eigenvalue weighted by molar-refractivity contribution is 6.00. The second kappa shape index (κ2) is 8.84. The maximum Gasteiger partial charge on any atom is 0.332 e. The molecule has 0 bridgehead atoms. The number of carbonyl (C=O) groups is 3. The lowest BCUT2D eigenvalue weighted by Gasteiger charge is -2.14. The number of carbonyl (C=O) groups excluding carboxylic acids is 1. The first kappa shape index (κ1) is 19.8. The van der Waals surface area contributed by atoms with E-state index in [9.17, 15) is 24.6 Å². The summed E-state index contributed by atoms with van der Waals surface area (Å²) in [6.45, 7) is 0. The molecule has 3 aromatic carbocycles. The van der Waals surface area contributed by atoms with Gasteiger partial charge in [0.05, 0.1) is 17.9 Å². The van der Waals surface area contributed by atoms with Gasteiger partial charge in [-0.2, -0.15) is 0 Å². The van der Waals surface area contributed by atoms with Gasteiger partial charge < -0.3 is 14.9 Å². The van der Waals surface area contributed by atoms with Crippen LogP contribution in [0, 0.1) is 5.92 Å². The summed E-state index contributed by atoms with van der Waals surface area (Å²) in [5, 5.41) is 20.6. The summed E-state index contributed by atoms with van der Waals surface area (Å²) in [4.78, 5) is 35.8. The minimum absolute atomic E-state index is 0.293. The predicted molar refractivity (Wildman–Crippen MR) is 107 cm³/mol. The molecule has 0 saturated heterocycles. The van der Waals surface area contributed by atoms with E-state index in [2.05, 4.69) is 0 Å². The van der Waals surface area contributed by atoms with Crippen LogP contribution in [0.1, 0.15) is 12.0 Å². The molecule has 1 atom stereocenters. The first-order valence-corrected chi connectivity index (χ1v) is 8.87. The van der Waals surface area contributed by atoms with E-state index in [1.807, 2.05) is 18.2 Å². The Hall–Kier alpha value is -3.93. The highest BCUT2D eigenvalue weighted by atomic mass is 16.5. The third-order valence-electron chi connectivity index (χ3n) is 4.39. The lowest BCUT2D eigenvalue weighted by molar-refractivity contribution is -0.147. The van der Waals surface area contributed by atoms with Crippen molar-refractivity contribution < 1.29 is 29.3 Å². The van der Waals surface area contributed by atoms with Gasteiger partial charge in [0.2, 0.25) is 0 Å². The standard InChI is InChI=1S/C23H18O6/c24-21(29-20-12-6-10-16-9-4-5-11-17(16)20)14-19(23(27)28)18(22(25)26)13-15-7-2-1-3-8-15/h1-13,19H,14H2,(H,25,26)(H,27,28). The van der Waals surface area contributed by atoms with Crippen LogP contribution < -0.4 is 4.74 Å². The van der Waals surface area contributed by atoms with Crippen molar-refractivity contribution in [2.75, 3.05) is 0 Å². The minimum Gasteiger partial charge on any atom is -0.481 e. The van der Waals surface area contributed by atoms with Gasteiger partial charge in [-0.05, 0) is 23.1 Å². The Morgan fingerprint density at radius 1 is 0.862 bits per heavy atom. The largest absolute Gasteiger partial charge is 0.481 e. The van der Waals surface area contributed by atoms with E-state index in [1.165, 1.54) is 6.08 Å². The molecule has 29 heavy (non-hydrogen) atoms. The summed E-state index contributed by atoms with van der Waals surface area (Å²) in [5.74, 6) is -4.89.